The number of benzene rings is 2. The lowest BCUT2D eigenvalue weighted by Gasteiger charge is -2.34. The molecule has 0 radical (unpaired) electrons. The molecule has 2 aromatic carbocycles. The second-order valence-electron chi connectivity index (χ2n) is 12.1. The van der Waals surface area contributed by atoms with Gasteiger partial charge in [0.25, 0.3) is 11.8 Å². The van der Waals surface area contributed by atoms with E-state index in [0.717, 1.165) is 22.9 Å². The molecule has 47 heavy (non-hydrogen) atoms. The number of aromatic nitrogens is 2. The second-order valence-corrected chi connectivity index (χ2v) is 12.1. The third kappa shape index (κ3) is 6.74. The fraction of sp³-hybridized carbons (Fsp3) is 0.278. The number of esters is 1. The van der Waals surface area contributed by atoms with E-state index < -0.39 is 23.7 Å². The minimum atomic E-state index is -0.841. The van der Waals surface area contributed by atoms with Crippen LogP contribution in [-0.2, 0) is 16.1 Å². The van der Waals surface area contributed by atoms with Crippen molar-refractivity contribution in [2.24, 2.45) is 5.92 Å². The number of aryl methyl sites for hydroxylation is 1. The summed E-state index contributed by atoms with van der Waals surface area (Å²) in [6.45, 7) is 3.70. The molecular weight excluding hydrogens is 601 g/mol. The molecule has 2 aromatic heterocycles. The number of hydrogen-bond donors (Lipinski definition) is 1. The van der Waals surface area contributed by atoms with E-state index in [1.54, 1.807) is 63.6 Å². The van der Waals surface area contributed by atoms with Crippen LogP contribution in [0.15, 0.2) is 79.1 Å². The molecule has 240 valence electrons. The van der Waals surface area contributed by atoms with Crippen LogP contribution in [0.5, 0.6) is 0 Å². The van der Waals surface area contributed by atoms with Gasteiger partial charge in [-0.3, -0.25) is 19.4 Å². The summed E-state index contributed by atoms with van der Waals surface area (Å²) in [5.41, 5.74) is 4.02. The number of carbonyl (C=O) groups is 4. The Hall–Kier alpha value is -5.45. The summed E-state index contributed by atoms with van der Waals surface area (Å²) in [4.78, 5) is 63.8. The van der Waals surface area contributed by atoms with Crippen molar-refractivity contribution in [1.29, 1.82) is 0 Å². The predicted octanol–water partition coefficient (Wildman–Crippen LogP) is 4.96. The SMILES string of the molecule is Cc1cccc(C(=O)O[C@H]2C[C@@H](CNC(=O)c3cc(F)cc(CN4C(=O)c5ccc(-c6ccncc6)cc5N(C)C(=O)[C@H]4C)c3)C2)n1. The van der Waals surface area contributed by atoms with E-state index in [1.807, 2.05) is 18.2 Å². The summed E-state index contributed by atoms with van der Waals surface area (Å²) < 4.78 is 20.3. The summed E-state index contributed by atoms with van der Waals surface area (Å²) in [5.74, 6) is -2.13. The van der Waals surface area contributed by atoms with Crippen molar-refractivity contribution in [2.45, 2.75) is 45.4 Å². The van der Waals surface area contributed by atoms with Gasteiger partial charge in [0, 0.05) is 43.8 Å². The highest BCUT2D eigenvalue weighted by atomic mass is 19.1. The first-order valence-corrected chi connectivity index (χ1v) is 15.4. The number of hydrogen-bond acceptors (Lipinski definition) is 7. The number of halogens is 1. The van der Waals surface area contributed by atoms with Gasteiger partial charge in [-0.05, 0) is 104 Å². The summed E-state index contributed by atoms with van der Waals surface area (Å²) in [6.07, 6.45) is 4.28. The molecule has 1 fully saturated rings. The fourth-order valence-electron chi connectivity index (χ4n) is 6.00. The van der Waals surface area contributed by atoms with Crippen molar-refractivity contribution in [3.05, 3.63) is 113 Å². The summed E-state index contributed by atoms with van der Waals surface area (Å²) in [6, 6.07) is 17.3. The molecule has 3 heterocycles. The first-order chi connectivity index (χ1) is 22.6. The zero-order valence-corrected chi connectivity index (χ0v) is 26.3. The molecule has 3 amide bonds. The Morgan fingerprint density at radius 2 is 1.77 bits per heavy atom. The molecule has 1 atom stereocenters. The topological polar surface area (TPSA) is 122 Å². The lowest BCUT2D eigenvalue weighted by Crippen LogP contribution is -2.45. The van der Waals surface area contributed by atoms with Gasteiger partial charge in [-0.2, -0.15) is 0 Å². The Morgan fingerprint density at radius 3 is 2.51 bits per heavy atom. The van der Waals surface area contributed by atoms with Gasteiger partial charge in [0.15, 0.2) is 0 Å². The molecule has 10 nitrogen and oxygen atoms in total. The molecule has 1 aliphatic carbocycles. The largest absolute Gasteiger partial charge is 0.458 e. The third-order valence-electron chi connectivity index (χ3n) is 8.71. The normalized spacial score (nSPS) is 19.0. The number of anilines is 1. The van der Waals surface area contributed by atoms with Gasteiger partial charge in [-0.1, -0.05) is 12.1 Å². The number of nitrogens with one attached hydrogen (secondary N) is 1. The maximum absolute atomic E-state index is 14.8. The van der Waals surface area contributed by atoms with Gasteiger partial charge in [0.1, 0.15) is 23.7 Å². The monoisotopic (exact) mass is 635 g/mol. The fourth-order valence-corrected chi connectivity index (χ4v) is 6.00. The Balaban J connectivity index is 1.10. The van der Waals surface area contributed by atoms with Crippen molar-refractivity contribution >= 4 is 29.4 Å². The van der Waals surface area contributed by atoms with Crippen LogP contribution in [0.25, 0.3) is 11.1 Å². The van der Waals surface area contributed by atoms with Crippen LogP contribution in [0.1, 0.15) is 62.2 Å². The number of pyridine rings is 2. The molecule has 1 saturated carbocycles. The molecule has 6 rings (SSSR count). The summed E-state index contributed by atoms with van der Waals surface area (Å²) in [5, 5.41) is 2.84. The maximum atomic E-state index is 14.8. The van der Waals surface area contributed by atoms with Crippen molar-refractivity contribution in [1.82, 2.24) is 20.2 Å². The van der Waals surface area contributed by atoms with E-state index in [9.17, 15) is 23.6 Å². The number of amides is 3. The molecule has 2 aliphatic rings. The van der Waals surface area contributed by atoms with Gasteiger partial charge in [-0.15, -0.1) is 0 Å². The lowest BCUT2D eigenvalue weighted by atomic mass is 9.82. The number of likely N-dealkylation sites (N-methyl/N-ethyl adjacent to an activating group) is 1. The number of ether oxygens (including phenoxy) is 1. The number of nitrogens with zero attached hydrogens (tertiary/aromatic N) is 4. The first-order valence-electron chi connectivity index (χ1n) is 15.4. The van der Waals surface area contributed by atoms with Crippen molar-refractivity contribution < 1.29 is 28.3 Å². The molecule has 1 N–H and O–H groups in total. The average molecular weight is 636 g/mol. The molecule has 1 aliphatic heterocycles. The molecule has 0 unspecified atom stereocenters. The smallest absolute Gasteiger partial charge is 0.357 e. The number of fused-ring (bicyclic) bond motifs is 1. The zero-order valence-electron chi connectivity index (χ0n) is 26.3. The molecule has 0 saturated heterocycles. The van der Waals surface area contributed by atoms with Crippen LogP contribution < -0.4 is 10.2 Å². The number of carbonyl (C=O) groups excluding carboxylic acids is 4. The van der Waals surface area contributed by atoms with Gasteiger partial charge >= 0.3 is 5.97 Å². The third-order valence-corrected chi connectivity index (χ3v) is 8.71. The van der Waals surface area contributed by atoms with Crippen LogP contribution in [0.2, 0.25) is 0 Å². The Labute approximate surface area is 271 Å². The van der Waals surface area contributed by atoms with Crippen LogP contribution in [0, 0.1) is 18.7 Å². The Bertz CT molecular complexity index is 1860. The van der Waals surface area contributed by atoms with Crippen LogP contribution in [0.4, 0.5) is 10.1 Å². The molecular formula is C36H34FN5O5. The summed E-state index contributed by atoms with van der Waals surface area (Å²) >= 11 is 0. The van der Waals surface area contributed by atoms with Crippen molar-refractivity contribution in [3.8, 4) is 11.1 Å². The first kappa shape index (κ1) is 31.5. The standard InChI is InChI=1S/C36H34FN5O5/c1-21-5-4-6-31(40-21)36(46)47-29-15-23(16-29)19-39-33(43)27-13-24(14-28(37)17-27)20-42-22(2)34(44)41(3)32-18-26(7-8-30(32)35(42)45)25-9-11-38-12-10-25/h4-14,17-18,22-23,29H,15-16,19-20H2,1-3H3,(H,39,43)/t22-,23-,29+/m1/s1. The highest BCUT2D eigenvalue weighted by Gasteiger charge is 2.36. The van der Waals surface area contributed by atoms with Crippen LogP contribution in [-0.4, -0.2) is 64.3 Å². The van der Waals surface area contributed by atoms with E-state index in [2.05, 4.69) is 15.3 Å². The van der Waals surface area contributed by atoms with E-state index in [-0.39, 0.29) is 41.6 Å². The molecule has 0 bridgehead atoms. The van der Waals surface area contributed by atoms with Crippen molar-refractivity contribution in [2.75, 3.05) is 18.5 Å². The number of rotatable bonds is 8. The predicted molar refractivity (Wildman–Crippen MR) is 172 cm³/mol. The van der Waals surface area contributed by atoms with Crippen LogP contribution in [0.3, 0.4) is 0 Å². The van der Waals surface area contributed by atoms with Gasteiger partial charge in [-0.25, -0.2) is 14.2 Å². The molecule has 11 heteroatoms. The van der Waals surface area contributed by atoms with E-state index in [4.69, 9.17) is 4.74 Å². The Morgan fingerprint density at radius 1 is 1.00 bits per heavy atom. The van der Waals surface area contributed by atoms with Crippen molar-refractivity contribution in [3.63, 3.8) is 0 Å². The minimum Gasteiger partial charge on any atom is -0.458 e. The quantitative estimate of drug-likeness (QED) is 0.272. The second kappa shape index (κ2) is 13.1. The Kier molecular flexibility index (Phi) is 8.80. The molecule has 0 spiro atoms. The van der Waals surface area contributed by atoms with Gasteiger partial charge in [0.2, 0.25) is 5.91 Å². The van der Waals surface area contributed by atoms with E-state index in [0.29, 0.717) is 36.2 Å². The van der Waals surface area contributed by atoms with Crippen LogP contribution >= 0.6 is 0 Å². The van der Waals surface area contributed by atoms with E-state index >= 15 is 0 Å². The highest BCUT2D eigenvalue weighted by molar-refractivity contribution is 6.11. The maximum Gasteiger partial charge on any atom is 0.357 e. The van der Waals surface area contributed by atoms with Gasteiger partial charge in [0.05, 0.1) is 11.3 Å². The summed E-state index contributed by atoms with van der Waals surface area (Å²) in [7, 11) is 1.63. The van der Waals surface area contributed by atoms with E-state index in [1.165, 1.54) is 21.9 Å². The zero-order chi connectivity index (χ0) is 33.2. The minimum absolute atomic E-state index is 0.0748. The lowest BCUT2D eigenvalue weighted by molar-refractivity contribution is -0.122. The molecule has 4 aromatic rings. The average Bonchev–Trinajstić information content (AvgIpc) is 3.11. The highest BCUT2D eigenvalue weighted by Crippen LogP contribution is 2.33. The van der Waals surface area contributed by atoms with Gasteiger partial charge < -0.3 is 19.9 Å².